The molecule has 0 amide bonds. The zero-order chi connectivity index (χ0) is 12.9. The summed E-state index contributed by atoms with van der Waals surface area (Å²) < 4.78 is 32.1. The summed E-state index contributed by atoms with van der Waals surface area (Å²) in [7, 11) is -3.42. The Morgan fingerprint density at radius 3 is 2.71 bits per heavy atom. The van der Waals surface area contributed by atoms with Crippen molar-refractivity contribution in [2.75, 3.05) is 12.3 Å². The molecule has 96 valence electrons. The highest BCUT2D eigenvalue weighted by molar-refractivity contribution is 7.94. The Hall–Kier alpha value is -1.27. The highest BCUT2D eigenvalue weighted by Crippen LogP contribution is 2.27. The van der Waals surface area contributed by atoms with Gasteiger partial charge in [-0.2, -0.15) is 0 Å². The Labute approximate surface area is 102 Å². The second-order valence-corrected chi connectivity index (χ2v) is 5.65. The molecule has 0 spiro atoms. The highest BCUT2D eigenvalue weighted by Gasteiger charge is 2.00. The van der Waals surface area contributed by atoms with E-state index in [4.69, 9.17) is 4.74 Å². The molecule has 0 aliphatic heterocycles. The van der Waals surface area contributed by atoms with Crippen LogP contribution in [0.15, 0.2) is 24.3 Å². The number of sulfonamides is 1. The molecule has 0 saturated carbocycles. The van der Waals surface area contributed by atoms with Crippen LogP contribution in [0.4, 0.5) is 5.69 Å². The van der Waals surface area contributed by atoms with Gasteiger partial charge in [0, 0.05) is 0 Å². The quantitative estimate of drug-likeness (QED) is 0.827. The lowest BCUT2D eigenvalue weighted by Gasteiger charge is -2.21. The van der Waals surface area contributed by atoms with E-state index < -0.39 is 10.0 Å². The van der Waals surface area contributed by atoms with E-state index in [0.717, 1.165) is 0 Å². The molecule has 0 unspecified atom stereocenters. The molecule has 3 N–H and O–H groups in total. The molecule has 0 fully saturated rings. The average Bonchev–Trinajstić information content (AvgIpc) is 2.15. The molecule has 0 radical (unpaired) electrons. The fraction of sp³-hybridized carbons (Fsp3) is 0.455. The molecule has 0 bridgehead atoms. The third kappa shape index (κ3) is 5.06. The number of ether oxygens (including phenoxy) is 1. The van der Waals surface area contributed by atoms with Gasteiger partial charge in [-0.25, -0.2) is 8.42 Å². The lowest BCUT2D eigenvalue weighted by molar-refractivity contribution is -0.360. The van der Waals surface area contributed by atoms with Crippen molar-refractivity contribution < 1.29 is 18.9 Å². The van der Waals surface area contributed by atoms with Gasteiger partial charge in [-0.1, -0.05) is 12.1 Å². The van der Waals surface area contributed by atoms with Crippen LogP contribution in [-0.4, -0.2) is 26.8 Å². The Morgan fingerprint density at radius 1 is 1.41 bits per heavy atom. The normalized spacial score (nSPS) is 11.5. The topological polar surface area (TPSA) is 85.1 Å². The van der Waals surface area contributed by atoms with E-state index in [1.165, 1.54) is 0 Å². The van der Waals surface area contributed by atoms with Crippen molar-refractivity contribution in [1.82, 2.24) is 0 Å². The molecule has 1 rings (SSSR count). The van der Waals surface area contributed by atoms with E-state index in [1.807, 2.05) is 13.8 Å². The van der Waals surface area contributed by atoms with E-state index in [9.17, 15) is 8.42 Å². The van der Waals surface area contributed by atoms with E-state index >= 15 is 0 Å². The first kappa shape index (κ1) is 13.8. The standard InChI is InChI=1S/C11H17N2O3S/c1-9(2)16-11-5-3-4-10(8-11)13-17(14,15)7-6-12/h3-5,8-9H,6-7,12H2,1-2H3/q-1/p+1. The van der Waals surface area contributed by atoms with E-state index in [2.05, 4.69) is 10.5 Å². The second kappa shape index (κ2) is 5.88. The minimum Gasteiger partial charge on any atom is -0.577 e. The smallest absolute Gasteiger partial charge is 0.118 e. The summed E-state index contributed by atoms with van der Waals surface area (Å²) in [6.45, 7) is 4.13. The van der Waals surface area contributed by atoms with Crippen molar-refractivity contribution >= 4 is 15.7 Å². The van der Waals surface area contributed by atoms with Crippen LogP contribution in [0.1, 0.15) is 13.8 Å². The number of benzene rings is 1. The first-order valence-corrected chi connectivity index (χ1v) is 7.05. The average molecular weight is 258 g/mol. The highest BCUT2D eigenvalue weighted by atomic mass is 32.2. The second-order valence-electron chi connectivity index (χ2n) is 3.89. The van der Waals surface area contributed by atoms with Crippen LogP contribution in [0.5, 0.6) is 5.75 Å². The fourth-order valence-electron chi connectivity index (χ4n) is 1.27. The van der Waals surface area contributed by atoms with Gasteiger partial charge >= 0.3 is 0 Å². The molecule has 0 aromatic heterocycles. The molecule has 0 atom stereocenters. The third-order valence-corrected chi connectivity index (χ3v) is 3.13. The van der Waals surface area contributed by atoms with Gasteiger partial charge in [0.15, 0.2) is 0 Å². The van der Waals surface area contributed by atoms with Crippen molar-refractivity contribution in [3.05, 3.63) is 29.0 Å². The van der Waals surface area contributed by atoms with Crippen LogP contribution in [0.25, 0.3) is 4.72 Å². The molecule has 0 aliphatic rings. The summed E-state index contributed by atoms with van der Waals surface area (Å²) in [5.74, 6) is 0.577. The number of nitrogens with zero attached hydrogens (tertiary/aromatic N) is 1. The Kier molecular flexibility index (Phi) is 4.77. The molecule has 1 aromatic rings. The molecular weight excluding hydrogens is 240 g/mol. The summed E-state index contributed by atoms with van der Waals surface area (Å²) in [4.78, 5) is 0. The SMILES string of the molecule is CC(C)Oc1cccc([N-]S(=O)(=O)CC[NH3+])c1. The fourth-order valence-corrected chi connectivity index (χ4v) is 2.17. The third-order valence-electron chi connectivity index (χ3n) is 1.84. The Bertz CT molecular complexity index is 458. The van der Waals surface area contributed by atoms with Crippen LogP contribution in [0.2, 0.25) is 0 Å². The van der Waals surface area contributed by atoms with Gasteiger partial charge in [0.1, 0.15) is 5.75 Å². The van der Waals surface area contributed by atoms with Crippen molar-refractivity contribution in [3.63, 3.8) is 0 Å². The molecule has 0 heterocycles. The van der Waals surface area contributed by atoms with Gasteiger partial charge in [-0.05, 0) is 26.0 Å². The predicted octanol–water partition coefficient (Wildman–Crippen LogP) is 1.05. The number of hydrogen-bond acceptors (Lipinski definition) is 3. The lowest BCUT2D eigenvalue weighted by atomic mass is 10.3. The van der Waals surface area contributed by atoms with Gasteiger partial charge in [-0.3, -0.25) is 0 Å². The van der Waals surface area contributed by atoms with Crippen LogP contribution < -0.4 is 10.5 Å². The number of quaternary nitrogens is 1. The minimum absolute atomic E-state index is 0.0394. The number of rotatable bonds is 6. The first-order valence-electron chi connectivity index (χ1n) is 5.44. The number of hydrogen-bond donors (Lipinski definition) is 1. The van der Waals surface area contributed by atoms with Crippen molar-refractivity contribution in [2.45, 2.75) is 20.0 Å². The summed E-state index contributed by atoms with van der Waals surface area (Å²) in [5.41, 5.74) is 3.89. The molecule has 17 heavy (non-hydrogen) atoms. The lowest BCUT2D eigenvalue weighted by Crippen LogP contribution is -2.52. The monoisotopic (exact) mass is 258 g/mol. The zero-order valence-corrected chi connectivity index (χ0v) is 10.9. The molecule has 5 nitrogen and oxygen atoms in total. The summed E-state index contributed by atoms with van der Waals surface area (Å²) in [6, 6.07) is 6.73. The van der Waals surface area contributed by atoms with Crippen molar-refractivity contribution in [2.24, 2.45) is 0 Å². The summed E-state index contributed by atoms with van der Waals surface area (Å²) >= 11 is 0. The Morgan fingerprint density at radius 2 is 2.12 bits per heavy atom. The Balaban J connectivity index is 2.79. The molecule has 0 aliphatic carbocycles. The van der Waals surface area contributed by atoms with Gasteiger partial charge in [0.25, 0.3) is 0 Å². The maximum absolute atomic E-state index is 11.5. The largest absolute Gasteiger partial charge is 0.577 e. The van der Waals surface area contributed by atoms with Gasteiger partial charge in [-0.15, -0.1) is 5.69 Å². The molecule has 1 aromatic carbocycles. The maximum atomic E-state index is 11.5. The van der Waals surface area contributed by atoms with Crippen molar-refractivity contribution in [3.8, 4) is 5.75 Å². The van der Waals surface area contributed by atoms with E-state index in [1.54, 1.807) is 24.3 Å². The van der Waals surface area contributed by atoms with Crippen LogP contribution in [0, 0.1) is 0 Å². The first-order chi connectivity index (χ1) is 7.93. The zero-order valence-electron chi connectivity index (χ0n) is 10.1. The van der Waals surface area contributed by atoms with Gasteiger partial charge in [0.2, 0.25) is 0 Å². The van der Waals surface area contributed by atoms with Crippen molar-refractivity contribution in [1.29, 1.82) is 0 Å². The van der Waals surface area contributed by atoms with Crippen LogP contribution in [0.3, 0.4) is 0 Å². The van der Waals surface area contributed by atoms with Gasteiger partial charge < -0.3 is 15.2 Å². The summed E-state index contributed by atoms with van der Waals surface area (Å²) in [6.07, 6.45) is 0.0432. The predicted molar refractivity (Wildman–Crippen MR) is 66.8 cm³/mol. The van der Waals surface area contributed by atoms with E-state index in [-0.39, 0.29) is 11.9 Å². The molecule has 6 heteroatoms. The molecule has 0 saturated heterocycles. The van der Waals surface area contributed by atoms with Crippen LogP contribution >= 0.6 is 0 Å². The summed E-state index contributed by atoms with van der Waals surface area (Å²) in [5, 5.41) is 0. The maximum Gasteiger partial charge on any atom is 0.118 e. The molecular formula is C11H18N2O3S. The van der Waals surface area contributed by atoms with Crippen LogP contribution in [-0.2, 0) is 10.0 Å². The van der Waals surface area contributed by atoms with E-state index in [0.29, 0.717) is 18.0 Å². The van der Waals surface area contributed by atoms with Gasteiger partial charge in [0.05, 0.1) is 28.4 Å². The minimum atomic E-state index is -3.42.